The highest BCUT2D eigenvalue weighted by atomic mass is 16.5. The standard InChI is InChI=1S/C6H12N2O3/c1-3-5(9)7-4-8-6(10)11-2/h3-4H2,1-2H3,(H,7,9)(H,8,10). The average Bonchev–Trinajstić information content (AvgIpc) is 2.04. The molecular formula is C6H12N2O3. The average molecular weight is 160 g/mol. The first-order valence-corrected chi connectivity index (χ1v) is 3.29. The fourth-order valence-electron chi connectivity index (χ4n) is 0.412. The number of carbonyl (C=O) groups is 2. The van der Waals surface area contributed by atoms with E-state index in [1.165, 1.54) is 7.11 Å². The molecule has 0 atom stereocenters. The number of hydrogen-bond donors (Lipinski definition) is 2. The van der Waals surface area contributed by atoms with Crippen molar-refractivity contribution in [2.75, 3.05) is 13.8 Å². The van der Waals surface area contributed by atoms with Crippen molar-refractivity contribution in [3.05, 3.63) is 0 Å². The molecule has 11 heavy (non-hydrogen) atoms. The number of alkyl carbamates (subject to hydrolysis) is 1. The van der Waals surface area contributed by atoms with E-state index in [1.54, 1.807) is 6.92 Å². The minimum atomic E-state index is -0.554. The molecule has 0 unspecified atom stereocenters. The maximum atomic E-state index is 10.6. The first-order chi connectivity index (χ1) is 5.20. The maximum absolute atomic E-state index is 10.6. The summed E-state index contributed by atoms with van der Waals surface area (Å²) in [5, 5.41) is 4.75. The molecule has 0 aromatic carbocycles. The number of rotatable bonds is 3. The maximum Gasteiger partial charge on any atom is 0.408 e. The SMILES string of the molecule is CCC(=O)NCNC(=O)OC. The van der Waals surface area contributed by atoms with Gasteiger partial charge < -0.3 is 15.4 Å². The molecule has 2 amide bonds. The van der Waals surface area contributed by atoms with E-state index in [1.807, 2.05) is 0 Å². The van der Waals surface area contributed by atoms with Gasteiger partial charge in [0.1, 0.15) is 0 Å². The number of ether oxygens (including phenoxy) is 1. The lowest BCUT2D eigenvalue weighted by Gasteiger charge is -2.03. The van der Waals surface area contributed by atoms with E-state index in [0.717, 1.165) is 0 Å². The van der Waals surface area contributed by atoms with Crippen molar-refractivity contribution in [3.8, 4) is 0 Å². The first-order valence-electron chi connectivity index (χ1n) is 3.29. The highest BCUT2D eigenvalue weighted by molar-refractivity contribution is 5.76. The summed E-state index contributed by atoms with van der Waals surface area (Å²) in [6, 6.07) is 0. The Morgan fingerprint density at radius 2 is 2.00 bits per heavy atom. The summed E-state index contributed by atoms with van der Waals surface area (Å²) in [7, 11) is 1.26. The van der Waals surface area contributed by atoms with Gasteiger partial charge in [0, 0.05) is 6.42 Å². The Hall–Kier alpha value is -1.26. The van der Waals surface area contributed by atoms with Gasteiger partial charge in [-0.2, -0.15) is 0 Å². The van der Waals surface area contributed by atoms with Gasteiger partial charge >= 0.3 is 6.09 Å². The molecule has 0 aliphatic rings. The molecule has 5 heteroatoms. The van der Waals surface area contributed by atoms with E-state index in [2.05, 4.69) is 15.4 Å². The lowest BCUT2D eigenvalue weighted by molar-refractivity contribution is -0.120. The second-order valence-corrected chi connectivity index (χ2v) is 1.80. The topological polar surface area (TPSA) is 67.4 Å². The van der Waals surface area contributed by atoms with Gasteiger partial charge in [0.25, 0.3) is 0 Å². The fourth-order valence-corrected chi connectivity index (χ4v) is 0.412. The summed E-state index contributed by atoms with van der Waals surface area (Å²) >= 11 is 0. The van der Waals surface area contributed by atoms with Crippen LogP contribution in [0.2, 0.25) is 0 Å². The molecule has 0 aromatic rings. The van der Waals surface area contributed by atoms with E-state index in [9.17, 15) is 9.59 Å². The lowest BCUT2D eigenvalue weighted by atomic mass is 10.5. The zero-order valence-corrected chi connectivity index (χ0v) is 6.64. The predicted octanol–water partition coefficient (Wildman–Crippen LogP) is -0.174. The van der Waals surface area contributed by atoms with Crippen LogP contribution < -0.4 is 10.6 Å². The van der Waals surface area contributed by atoms with Gasteiger partial charge in [-0.15, -0.1) is 0 Å². The molecule has 0 rings (SSSR count). The molecule has 2 N–H and O–H groups in total. The second-order valence-electron chi connectivity index (χ2n) is 1.80. The molecule has 0 aliphatic heterocycles. The van der Waals surface area contributed by atoms with Crippen LogP contribution in [-0.2, 0) is 9.53 Å². The molecule has 0 fully saturated rings. The summed E-state index contributed by atoms with van der Waals surface area (Å²) in [5.41, 5.74) is 0. The predicted molar refractivity (Wildman–Crippen MR) is 38.8 cm³/mol. The normalized spacial score (nSPS) is 8.55. The quantitative estimate of drug-likeness (QED) is 0.563. The first kappa shape index (κ1) is 9.74. The fraction of sp³-hybridized carbons (Fsp3) is 0.667. The van der Waals surface area contributed by atoms with Crippen LogP contribution in [-0.4, -0.2) is 25.8 Å². The number of hydrogen-bond acceptors (Lipinski definition) is 3. The molecule has 0 aromatic heterocycles. The summed E-state index contributed by atoms with van der Waals surface area (Å²) in [6.07, 6.45) is -0.149. The molecule has 0 aliphatic carbocycles. The molecule has 0 saturated heterocycles. The number of amides is 2. The highest BCUT2D eigenvalue weighted by Gasteiger charge is 1.97. The minimum absolute atomic E-state index is 0.110. The molecule has 0 saturated carbocycles. The Bertz CT molecular complexity index is 131. The highest BCUT2D eigenvalue weighted by Crippen LogP contribution is 1.73. The van der Waals surface area contributed by atoms with Gasteiger partial charge in [0.05, 0.1) is 13.8 Å². The van der Waals surface area contributed by atoms with Gasteiger partial charge in [0.2, 0.25) is 5.91 Å². The summed E-state index contributed by atoms with van der Waals surface area (Å²) in [6.45, 7) is 1.84. The Balaban J connectivity index is 3.27. The number of nitrogens with one attached hydrogen (secondary N) is 2. The summed E-state index contributed by atoms with van der Waals surface area (Å²) < 4.78 is 4.26. The van der Waals surface area contributed by atoms with Gasteiger partial charge in [0.15, 0.2) is 0 Å². The van der Waals surface area contributed by atoms with Crippen molar-refractivity contribution in [1.82, 2.24) is 10.6 Å². The Morgan fingerprint density at radius 3 is 2.45 bits per heavy atom. The van der Waals surface area contributed by atoms with E-state index in [-0.39, 0.29) is 12.6 Å². The van der Waals surface area contributed by atoms with Crippen LogP contribution in [0.1, 0.15) is 13.3 Å². The third-order valence-corrected chi connectivity index (χ3v) is 1.02. The van der Waals surface area contributed by atoms with E-state index >= 15 is 0 Å². The van der Waals surface area contributed by atoms with Crippen LogP contribution in [0.3, 0.4) is 0 Å². The van der Waals surface area contributed by atoms with Crippen molar-refractivity contribution in [3.63, 3.8) is 0 Å². The minimum Gasteiger partial charge on any atom is -0.453 e. The lowest BCUT2D eigenvalue weighted by Crippen LogP contribution is -2.36. The van der Waals surface area contributed by atoms with Crippen molar-refractivity contribution < 1.29 is 14.3 Å². The molecule has 5 nitrogen and oxygen atoms in total. The van der Waals surface area contributed by atoms with Crippen molar-refractivity contribution >= 4 is 12.0 Å². The zero-order chi connectivity index (χ0) is 8.69. The van der Waals surface area contributed by atoms with Crippen LogP contribution >= 0.6 is 0 Å². The van der Waals surface area contributed by atoms with Crippen molar-refractivity contribution in [2.24, 2.45) is 0 Å². The Kier molecular flexibility index (Phi) is 4.89. The van der Waals surface area contributed by atoms with Crippen molar-refractivity contribution in [1.29, 1.82) is 0 Å². The van der Waals surface area contributed by atoms with Gasteiger partial charge in [-0.1, -0.05) is 6.92 Å². The Labute approximate surface area is 65.1 Å². The van der Waals surface area contributed by atoms with Gasteiger partial charge in [-0.25, -0.2) is 4.79 Å². The zero-order valence-electron chi connectivity index (χ0n) is 6.64. The van der Waals surface area contributed by atoms with Gasteiger partial charge in [-0.05, 0) is 0 Å². The van der Waals surface area contributed by atoms with Crippen LogP contribution in [0.4, 0.5) is 4.79 Å². The molecule has 64 valence electrons. The third kappa shape index (κ3) is 5.20. The van der Waals surface area contributed by atoms with Crippen molar-refractivity contribution in [2.45, 2.75) is 13.3 Å². The molecule has 0 radical (unpaired) electrons. The second kappa shape index (κ2) is 5.52. The van der Waals surface area contributed by atoms with Crippen LogP contribution in [0.15, 0.2) is 0 Å². The van der Waals surface area contributed by atoms with E-state index in [4.69, 9.17) is 0 Å². The Morgan fingerprint density at radius 1 is 1.36 bits per heavy atom. The van der Waals surface area contributed by atoms with Crippen LogP contribution in [0.5, 0.6) is 0 Å². The van der Waals surface area contributed by atoms with Gasteiger partial charge in [-0.3, -0.25) is 4.79 Å². The summed E-state index contributed by atoms with van der Waals surface area (Å²) in [4.78, 5) is 21.0. The molecule has 0 heterocycles. The number of methoxy groups -OCH3 is 1. The van der Waals surface area contributed by atoms with E-state index in [0.29, 0.717) is 6.42 Å². The number of carbonyl (C=O) groups excluding carboxylic acids is 2. The van der Waals surface area contributed by atoms with Crippen LogP contribution in [0, 0.1) is 0 Å². The summed E-state index contributed by atoms with van der Waals surface area (Å²) in [5.74, 6) is -0.110. The monoisotopic (exact) mass is 160 g/mol. The van der Waals surface area contributed by atoms with E-state index < -0.39 is 6.09 Å². The smallest absolute Gasteiger partial charge is 0.408 e. The molecule has 0 spiro atoms. The molecular weight excluding hydrogens is 148 g/mol. The largest absolute Gasteiger partial charge is 0.453 e. The van der Waals surface area contributed by atoms with Crippen LogP contribution in [0.25, 0.3) is 0 Å². The molecule has 0 bridgehead atoms. The third-order valence-electron chi connectivity index (χ3n) is 1.02.